The van der Waals surface area contributed by atoms with Crippen molar-refractivity contribution in [3.63, 3.8) is 0 Å². The van der Waals surface area contributed by atoms with Gasteiger partial charge in [0, 0.05) is 5.69 Å². The van der Waals surface area contributed by atoms with E-state index < -0.39 is 11.7 Å². The van der Waals surface area contributed by atoms with Gasteiger partial charge in [0.15, 0.2) is 0 Å². The van der Waals surface area contributed by atoms with Crippen molar-refractivity contribution < 1.29 is 9.18 Å². The largest absolute Gasteiger partial charge is 0.396 e. The molecule has 1 unspecified atom stereocenters. The van der Waals surface area contributed by atoms with Crippen LogP contribution in [0, 0.1) is 5.82 Å². The second kappa shape index (κ2) is 6.39. The number of amides is 1. The molecule has 4 heteroatoms. The van der Waals surface area contributed by atoms with Crippen LogP contribution in [0.25, 0.3) is 0 Å². The molecule has 0 aliphatic rings. The molecule has 3 nitrogen and oxygen atoms in total. The number of halogens is 1. The van der Waals surface area contributed by atoms with Crippen molar-refractivity contribution in [3.8, 4) is 0 Å². The topological polar surface area (TPSA) is 55.1 Å². The monoisotopic (exact) mass is 286 g/mol. The van der Waals surface area contributed by atoms with Crippen LogP contribution in [0.3, 0.4) is 0 Å². The highest BCUT2D eigenvalue weighted by Crippen LogP contribution is 2.22. The van der Waals surface area contributed by atoms with E-state index in [1.54, 1.807) is 0 Å². The van der Waals surface area contributed by atoms with Gasteiger partial charge in [-0.25, -0.2) is 4.39 Å². The lowest BCUT2D eigenvalue weighted by atomic mass is 9.98. The first kappa shape index (κ1) is 15.0. The van der Waals surface area contributed by atoms with Gasteiger partial charge in [0.25, 0.3) is 5.91 Å². The first-order valence-electron chi connectivity index (χ1n) is 6.98. The third-order valence-electron chi connectivity index (χ3n) is 3.65. The van der Waals surface area contributed by atoms with Crippen molar-refractivity contribution in [1.29, 1.82) is 0 Å². The summed E-state index contributed by atoms with van der Waals surface area (Å²) in [5.41, 5.74) is 7.48. The molecule has 21 heavy (non-hydrogen) atoms. The molecular formula is C17H19FN2O. The number of carbonyl (C=O) groups is 1. The molecule has 0 radical (unpaired) electrons. The minimum absolute atomic E-state index is 0.133. The number of carbonyl (C=O) groups excluding carboxylic acids is 1. The molecule has 2 aromatic carbocycles. The number of nitrogen functional groups attached to an aromatic ring is 1. The zero-order valence-corrected chi connectivity index (χ0v) is 12.2. The van der Waals surface area contributed by atoms with Gasteiger partial charge in [-0.15, -0.1) is 0 Å². The second-order valence-electron chi connectivity index (χ2n) is 5.09. The van der Waals surface area contributed by atoms with Crippen molar-refractivity contribution >= 4 is 17.3 Å². The highest BCUT2D eigenvalue weighted by Gasteiger charge is 2.13. The summed E-state index contributed by atoms with van der Waals surface area (Å²) < 4.78 is 13.4. The van der Waals surface area contributed by atoms with Gasteiger partial charge >= 0.3 is 0 Å². The Morgan fingerprint density at radius 3 is 2.52 bits per heavy atom. The average molecular weight is 286 g/mol. The molecule has 0 heterocycles. The van der Waals surface area contributed by atoms with E-state index in [4.69, 9.17) is 5.73 Å². The van der Waals surface area contributed by atoms with Crippen molar-refractivity contribution in [2.75, 3.05) is 11.1 Å². The van der Waals surface area contributed by atoms with Crippen LogP contribution in [0.2, 0.25) is 0 Å². The van der Waals surface area contributed by atoms with Crippen LogP contribution in [-0.4, -0.2) is 5.91 Å². The van der Waals surface area contributed by atoms with Crippen LogP contribution in [0.1, 0.15) is 42.1 Å². The van der Waals surface area contributed by atoms with Gasteiger partial charge in [0.05, 0.1) is 11.3 Å². The molecule has 0 fully saturated rings. The molecule has 3 N–H and O–H groups in total. The summed E-state index contributed by atoms with van der Waals surface area (Å²) in [6.07, 6.45) is 1.06. The van der Waals surface area contributed by atoms with Gasteiger partial charge in [-0.05, 0) is 42.2 Å². The molecule has 0 aromatic heterocycles. The van der Waals surface area contributed by atoms with Crippen molar-refractivity contribution in [2.24, 2.45) is 0 Å². The number of para-hydroxylation sites is 1. The number of nitrogens with two attached hydrogens (primary N) is 1. The average Bonchev–Trinajstić information content (AvgIpc) is 2.50. The molecule has 0 saturated heterocycles. The lowest BCUT2D eigenvalue weighted by Crippen LogP contribution is -2.14. The van der Waals surface area contributed by atoms with E-state index in [-0.39, 0.29) is 11.3 Å². The van der Waals surface area contributed by atoms with Crippen LogP contribution in [0.15, 0.2) is 42.5 Å². The quantitative estimate of drug-likeness (QED) is 0.829. The Bertz CT molecular complexity index is 638. The molecule has 110 valence electrons. The van der Waals surface area contributed by atoms with Crippen LogP contribution in [0.5, 0.6) is 0 Å². The first-order chi connectivity index (χ1) is 10.0. The van der Waals surface area contributed by atoms with Gasteiger partial charge in [-0.1, -0.05) is 32.0 Å². The fourth-order valence-corrected chi connectivity index (χ4v) is 2.06. The normalized spacial score (nSPS) is 12.0. The second-order valence-corrected chi connectivity index (χ2v) is 5.09. The van der Waals surface area contributed by atoms with E-state index in [0.717, 1.165) is 6.42 Å². The Labute approximate surface area is 124 Å². The van der Waals surface area contributed by atoms with Gasteiger partial charge in [-0.2, -0.15) is 0 Å². The molecule has 2 aromatic rings. The van der Waals surface area contributed by atoms with Crippen molar-refractivity contribution in [1.82, 2.24) is 0 Å². The van der Waals surface area contributed by atoms with Gasteiger partial charge < -0.3 is 11.1 Å². The molecule has 0 bridgehead atoms. The van der Waals surface area contributed by atoms with E-state index >= 15 is 0 Å². The minimum atomic E-state index is -0.588. The van der Waals surface area contributed by atoms with Crippen LogP contribution >= 0.6 is 0 Å². The van der Waals surface area contributed by atoms with Gasteiger partial charge in [0.1, 0.15) is 5.82 Å². The molecule has 0 aliphatic carbocycles. The smallest absolute Gasteiger partial charge is 0.257 e. The van der Waals surface area contributed by atoms with Crippen LogP contribution in [0.4, 0.5) is 15.8 Å². The number of nitrogens with one attached hydrogen (secondary N) is 1. The highest BCUT2D eigenvalue weighted by atomic mass is 19.1. The number of hydrogen-bond donors (Lipinski definition) is 2. The van der Waals surface area contributed by atoms with E-state index in [9.17, 15) is 9.18 Å². The van der Waals surface area contributed by atoms with Crippen LogP contribution in [-0.2, 0) is 0 Å². The molecule has 1 atom stereocenters. The Balaban J connectivity index is 2.14. The standard InChI is InChI=1S/C17H19FN2O/c1-3-11(2)12-7-9-13(10-8-12)20-17(21)14-5-4-6-15(18)16(14)19/h4-11H,3,19H2,1-2H3,(H,20,21). The van der Waals surface area contributed by atoms with Gasteiger partial charge in [-0.3, -0.25) is 4.79 Å². The zero-order chi connectivity index (χ0) is 15.4. The van der Waals surface area contributed by atoms with E-state index in [1.165, 1.54) is 23.8 Å². The number of benzene rings is 2. The van der Waals surface area contributed by atoms with E-state index in [2.05, 4.69) is 19.2 Å². The lowest BCUT2D eigenvalue weighted by Gasteiger charge is -2.11. The number of rotatable bonds is 4. The summed E-state index contributed by atoms with van der Waals surface area (Å²) in [6.45, 7) is 4.29. The molecule has 0 spiro atoms. The summed E-state index contributed by atoms with van der Waals surface area (Å²) in [4.78, 5) is 12.1. The number of hydrogen-bond acceptors (Lipinski definition) is 2. The minimum Gasteiger partial charge on any atom is -0.396 e. The Morgan fingerprint density at radius 2 is 1.90 bits per heavy atom. The summed E-state index contributed by atoms with van der Waals surface area (Å²) >= 11 is 0. The highest BCUT2D eigenvalue weighted by molar-refractivity contribution is 6.07. The zero-order valence-electron chi connectivity index (χ0n) is 12.2. The SMILES string of the molecule is CCC(C)c1ccc(NC(=O)c2cccc(F)c2N)cc1. The summed E-state index contributed by atoms with van der Waals surface area (Å²) in [7, 11) is 0. The molecule has 0 aliphatic heterocycles. The fraction of sp³-hybridized carbons (Fsp3) is 0.235. The molecule has 0 saturated carbocycles. The fourth-order valence-electron chi connectivity index (χ4n) is 2.06. The maximum Gasteiger partial charge on any atom is 0.257 e. The Hall–Kier alpha value is -2.36. The number of anilines is 2. The third kappa shape index (κ3) is 3.40. The predicted octanol–water partition coefficient (Wildman–Crippen LogP) is 4.17. The molecule has 2 rings (SSSR count). The van der Waals surface area contributed by atoms with Crippen molar-refractivity contribution in [2.45, 2.75) is 26.2 Å². The molecular weight excluding hydrogens is 267 g/mol. The van der Waals surface area contributed by atoms with Crippen molar-refractivity contribution in [3.05, 3.63) is 59.4 Å². The third-order valence-corrected chi connectivity index (χ3v) is 3.65. The summed E-state index contributed by atoms with van der Waals surface area (Å²) in [5, 5.41) is 2.72. The maximum atomic E-state index is 13.4. The van der Waals surface area contributed by atoms with Gasteiger partial charge in [0.2, 0.25) is 0 Å². The predicted molar refractivity (Wildman–Crippen MR) is 83.9 cm³/mol. The van der Waals surface area contributed by atoms with Crippen LogP contribution < -0.4 is 11.1 Å². The van der Waals surface area contributed by atoms with E-state index in [1.807, 2.05) is 24.3 Å². The maximum absolute atomic E-state index is 13.4. The Kier molecular flexibility index (Phi) is 4.58. The summed E-state index contributed by atoms with van der Waals surface area (Å²) in [5.74, 6) is -0.522. The Morgan fingerprint density at radius 1 is 1.24 bits per heavy atom. The first-order valence-corrected chi connectivity index (χ1v) is 6.98. The lowest BCUT2D eigenvalue weighted by molar-refractivity contribution is 0.102. The summed E-state index contributed by atoms with van der Waals surface area (Å²) in [6, 6.07) is 11.8. The van der Waals surface area contributed by atoms with E-state index in [0.29, 0.717) is 11.6 Å². The molecule has 1 amide bonds.